The number of carbonyl (C=O) groups is 1. The summed E-state index contributed by atoms with van der Waals surface area (Å²) in [5.41, 5.74) is 1.51. The summed E-state index contributed by atoms with van der Waals surface area (Å²) in [5, 5.41) is 1.95. The van der Waals surface area contributed by atoms with Crippen molar-refractivity contribution in [2.45, 2.75) is 26.4 Å². The molecule has 0 aliphatic carbocycles. The summed E-state index contributed by atoms with van der Waals surface area (Å²) in [6, 6.07) is 9.94. The molecular weight excluding hydrogens is 329 g/mol. The summed E-state index contributed by atoms with van der Waals surface area (Å²) < 4.78 is 23.7. The lowest BCUT2D eigenvalue weighted by atomic mass is 10.1. The van der Waals surface area contributed by atoms with Gasteiger partial charge < -0.3 is 9.15 Å². The Balaban J connectivity index is 1.52. The van der Waals surface area contributed by atoms with Gasteiger partial charge in [0.05, 0.1) is 4.88 Å². The maximum atomic E-state index is 12.8. The highest BCUT2D eigenvalue weighted by atomic mass is 32.1. The SMILES string of the molecule is Cc1oc(-c2cccs2)nc1COC(=O)CCc1ccc(F)cc1. The number of hydrogen-bond acceptors (Lipinski definition) is 5. The predicted molar refractivity (Wildman–Crippen MR) is 89.1 cm³/mol. The Labute approximate surface area is 142 Å². The fourth-order valence-corrected chi connectivity index (χ4v) is 2.84. The maximum absolute atomic E-state index is 12.8. The van der Waals surface area contributed by atoms with Crippen molar-refractivity contribution in [1.29, 1.82) is 0 Å². The van der Waals surface area contributed by atoms with Crippen LogP contribution in [0.1, 0.15) is 23.4 Å². The minimum atomic E-state index is -0.320. The van der Waals surface area contributed by atoms with Crippen LogP contribution in [0.15, 0.2) is 46.2 Å². The Morgan fingerprint density at radius 1 is 1.29 bits per heavy atom. The molecule has 3 aromatic rings. The Kier molecular flexibility index (Phi) is 5.05. The van der Waals surface area contributed by atoms with Crippen LogP contribution in [0.4, 0.5) is 4.39 Å². The van der Waals surface area contributed by atoms with Crippen molar-refractivity contribution in [2.75, 3.05) is 0 Å². The van der Waals surface area contributed by atoms with Gasteiger partial charge in [0, 0.05) is 6.42 Å². The van der Waals surface area contributed by atoms with Crippen LogP contribution in [0.25, 0.3) is 10.8 Å². The van der Waals surface area contributed by atoms with Gasteiger partial charge in [0.25, 0.3) is 0 Å². The van der Waals surface area contributed by atoms with E-state index in [0.717, 1.165) is 10.4 Å². The Hall–Kier alpha value is -2.47. The number of halogens is 1. The van der Waals surface area contributed by atoms with E-state index in [0.29, 0.717) is 23.8 Å². The van der Waals surface area contributed by atoms with Gasteiger partial charge in [-0.25, -0.2) is 9.37 Å². The third-order valence-corrected chi connectivity index (χ3v) is 4.38. The molecular formula is C18H16FNO3S. The van der Waals surface area contributed by atoms with Crippen molar-refractivity contribution in [2.24, 2.45) is 0 Å². The zero-order valence-electron chi connectivity index (χ0n) is 13.1. The smallest absolute Gasteiger partial charge is 0.306 e. The highest BCUT2D eigenvalue weighted by Crippen LogP contribution is 2.26. The quantitative estimate of drug-likeness (QED) is 0.616. The number of nitrogens with zero attached hydrogens (tertiary/aromatic N) is 1. The van der Waals surface area contributed by atoms with Crippen molar-refractivity contribution < 1.29 is 18.3 Å². The van der Waals surface area contributed by atoms with Crippen LogP contribution in [0.5, 0.6) is 0 Å². The topological polar surface area (TPSA) is 52.3 Å². The van der Waals surface area contributed by atoms with Crippen LogP contribution in [0.3, 0.4) is 0 Å². The van der Waals surface area contributed by atoms with Gasteiger partial charge in [0.15, 0.2) is 0 Å². The first-order valence-corrected chi connectivity index (χ1v) is 8.40. The van der Waals surface area contributed by atoms with Crippen molar-refractivity contribution in [1.82, 2.24) is 4.98 Å². The van der Waals surface area contributed by atoms with E-state index in [9.17, 15) is 9.18 Å². The number of aryl methyl sites for hydroxylation is 2. The van der Waals surface area contributed by atoms with Gasteiger partial charge in [-0.05, 0) is 42.5 Å². The summed E-state index contributed by atoms with van der Waals surface area (Å²) in [4.78, 5) is 17.2. The molecule has 1 aromatic carbocycles. The molecule has 0 spiro atoms. The maximum Gasteiger partial charge on any atom is 0.306 e. The van der Waals surface area contributed by atoms with E-state index in [4.69, 9.17) is 9.15 Å². The number of aromatic nitrogens is 1. The molecule has 3 rings (SSSR count). The van der Waals surface area contributed by atoms with Crippen molar-refractivity contribution in [3.05, 3.63) is 64.6 Å². The monoisotopic (exact) mass is 345 g/mol. The molecule has 0 N–H and O–H groups in total. The second-order valence-corrected chi connectivity index (χ2v) is 6.23. The molecule has 0 bridgehead atoms. The number of rotatable bonds is 6. The molecule has 0 unspecified atom stereocenters. The van der Waals surface area contributed by atoms with E-state index in [-0.39, 0.29) is 24.8 Å². The van der Waals surface area contributed by atoms with Crippen LogP contribution in [-0.2, 0) is 22.6 Å². The number of esters is 1. The molecule has 124 valence electrons. The lowest BCUT2D eigenvalue weighted by molar-refractivity contribution is -0.145. The van der Waals surface area contributed by atoms with Crippen molar-refractivity contribution >= 4 is 17.3 Å². The van der Waals surface area contributed by atoms with Crippen LogP contribution < -0.4 is 0 Å². The first kappa shape index (κ1) is 16.4. The van der Waals surface area contributed by atoms with E-state index in [1.807, 2.05) is 17.5 Å². The van der Waals surface area contributed by atoms with E-state index < -0.39 is 0 Å². The van der Waals surface area contributed by atoms with Gasteiger partial charge in [-0.1, -0.05) is 18.2 Å². The lowest BCUT2D eigenvalue weighted by Crippen LogP contribution is -2.06. The summed E-state index contributed by atoms with van der Waals surface area (Å²) in [5.74, 6) is 0.577. The highest BCUT2D eigenvalue weighted by Gasteiger charge is 2.14. The standard InChI is InChI=1S/C18H16FNO3S/c1-12-15(20-18(23-12)16-3-2-10-24-16)11-22-17(21)9-6-13-4-7-14(19)8-5-13/h2-5,7-8,10H,6,9,11H2,1H3. The molecule has 0 saturated carbocycles. The van der Waals surface area contributed by atoms with Crippen LogP contribution in [0.2, 0.25) is 0 Å². The summed E-state index contributed by atoms with van der Waals surface area (Å²) in [6.07, 6.45) is 0.748. The Morgan fingerprint density at radius 3 is 2.79 bits per heavy atom. The second-order valence-electron chi connectivity index (χ2n) is 5.29. The minimum absolute atomic E-state index is 0.0863. The normalized spacial score (nSPS) is 10.8. The number of benzene rings is 1. The largest absolute Gasteiger partial charge is 0.459 e. The van der Waals surface area contributed by atoms with Crippen molar-refractivity contribution in [3.8, 4) is 10.8 Å². The van der Waals surface area contributed by atoms with Crippen molar-refractivity contribution in [3.63, 3.8) is 0 Å². The molecule has 0 atom stereocenters. The molecule has 6 heteroatoms. The van der Waals surface area contributed by atoms with Gasteiger partial charge in [-0.15, -0.1) is 11.3 Å². The summed E-state index contributed by atoms with van der Waals surface area (Å²) in [6.45, 7) is 1.88. The van der Waals surface area contributed by atoms with Gasteiger partial charge in [0.1, 0.15) is 23.9 Å². The fraction of sp³-hybridized carbons (Fsp3) is 0.222. The molecule has 2 aromatic heterocycles. The number of thiophene rings is 1. The third kappa shape index (κ3) is 4.08. The molecule has 0 fully saturated rings. The fourth-order valence-electron chi connectivity index (χ4n) is 2.19. The van der Waals surface area contributed by atoms with E-state index in [2.05, 4.69) is 4.98 Å². The Morgan fingerprint density at radius 2 is 2.08 bits per heavy atom. The Bertz CT molecular complexity index is 809. The van der Waals surface area contributed by atoms with Crippen LogP contribution in [-0.4, -0.2) is 11.0 Å². The predicted octanol–water partition coefficient (Wildman–Crippen LogP) is 4.53. The number of hydrogen-bond donors (Lipinski definition) is 0. The highest BCUT2D eigenvalue weighted by molar-refractivity contribution is 7.13. The molecule has 2 heterocycles. The number of ether oxygens (including phenoxy) is 1. The van der Waals surface area contributed by atoms with Gasteiger partial charge in [-0.3, -0.25) is 4.79 Å². The lowest BCUT2D eigenvalue weighted by Gasteiger charge is -2.03. The third-order valence-electron chi connectivity index (χ3n) is 3.53. The van der Waals surface area contributed by atoms with E-state index in [1.54, 1.807) is 19.1 Å². The average Bonchev–Trinajstić information content (AvgIpc) is 3.22. The molecule has 4 nitrogen and oxygen atoms in total. The zero-order valence-corrected chi connectivity index (χ0v) is 13.9. The average molecular weight is 345 g/mol. The first-order chi connectivity index (χ1) is 11.6. The van der Waals surface area contributed by atoms with E-state index >= 15 is 0 Å². The molecule has 0 saturated heterocycles. The summed E-state index contributed by atoms with van der Waals surface area (Å²) >= 11 is 1.54. The second kappa shape index (κ2) is 7.40. The van der Waals surface area contributed by atoms with Gasteiger partial charge >= 0.3 is 5.97 Å². The molecule has 24 heavy (non-hydrogen) atoms. The molecule has 0 amide bonds. The number of carbonyl (C=O) groups excluding carboxylic acids is 1. The number of oxazole rings is 1. The zero-order chi connectivity index (χ0) is 16.9. The van der Waals surface area contributed by atoms with E-state index in [1.165, 1.54) is 23.5 Å². The summed E-state index contributed by atoms with van der Waals surface area (Å²) in [7, 11) is 0. The molecule has 0 aliphatic rings. The molecule has 0 aliphatic heterocycles. The van der Waals surface area contributed by atoms with Gasteiger partial charge in [0.2, 0.25) is 5.89 Å². The first-order valence-electron chi connectivity index (χ1n) is 7.52. The van der Waals surface area contributed by atoms with Crippen LogP contribution in [0, 0.1) is 12.7 Å². The van der Waals surface area contributed by atoms with Gasteiger partial charge in [-0.2, -0.15) is 0 Å². The van der Waals surface area contributed by atoms with Crippen LogP contribution >= 0.6 is 11.3 Å². The minimum Gasteiger partial charge on any atom is -0.459 e. The molecule has 0 radical (unpaired) electrons.